The molecular formula is C15H13BrCl2O. The zero-order valence-electron chi connectivity index (χ0n) is 10.6. The Balaban J connectivity index is 2.38. The minimum Gasteiger partial charge on any atom is -0.495 e. The average molecular weight is 360 g/mol. The summed E-state index contributed by atoms with van der Waals surface area (Å²) in [7, 11) is 1.59. The molecule has 0 aliphatic heterocycles. The van der Waals surface area contributed by atoms with Crippen LogP contribution in [-0.4, -0.2) is 7.11 Å². The first kappa shape index (κ1) is 14.7. The molecule has 0 aliphatic carbocycles. The van der Waals surface area contributed by atoms with Crippen molar-refractivity contribution in [1.82, 2.24) is 0 Å². The fraction of sp³-hybridized carbons (Fsp3) is 0.200. The van der Waals surface area contributed by atoms with Gasteiger partial charge in [-0.05, 0) is 47.9 Å². The molecule has 0 saturated carbocycles. The Kier molecular flexibility index (Phi) is 4.77. The van der Waals surface area contributed by atoms with Crippen LogP contribution in [-0.2, 0) is 0 Å². The average Bonchev–Trinajstić information content (AvgIpc) is 2.36. The van der Waals surface area contributed by atoms with Crippen molar-refractivity contribution in [3.8, 4) is 5.75 Å². The Bertz CT molecular complexity index is 578. The van der Waals surface area contributed by atoms with Crippen LogP contribution in [0.2, 0.25) is 5.02 Å². The van der Waals surface area contributed by atoms with E-state index in [1.807, 2.05) is 37.3 Å². The van der Waals surface area contributed by atoms with Crippen molar-refractivity contribution in [3.63, 3.8) is 0 Å². The molecule has 0 bridgehead atoms. The van der Waals surface area contributed by atoms with Crippen LogP contribution < -0.4 is 4.74 Å². The molecule has 19 heavy (non-hydrogen) atoms. The van der Waals surface area contributed by atoms with E-state index in [4.69, 9.17) is 27.9 Å². The molecule has 2 aromatic carbocycles. The van der Waals surface area contributed by atoms with Gasteiger partial charge in [-0.1, -0.05) is 39.7 Å². The van der Waals surface area contributed by atoms with Crippen LogP contribution in [0.25, 0.3) is 0 Å². The van der Waals surface area contributed by atoms with Crippen LogP contribution in [0.3, 0.4) is 0 Å². The monoisotopic (exact) mass is 358 g/mol. The topological polar surface area (TPSA) is 9.23 Å². The van der Waals surface area contributed by atoms with E-state index in [9.17, 15) is 0 Å². The SMILES string of the molecule is COc1ccc(C(Cl)c2cc(C)cc(Br)c2)cc1Cl. The summed E-state index contributed by atoms with van der Waals surface area (Å²) in [5.74, 6) is 0.653. The normalized spacial score (nSPS) is 12.3. The van der Waals surface area contributed by atoms with Crippen molar-refractivity contribution in [3.05, 3.63) is 62.6 Å². The van der Waals surface area contributed by atoms with E-state index >= 15 is 0 Å². The number of methoxy groups -OCH3 is 1. The van der Waals surface area contributed by atoms with E-state index in [-0.39, 0.29) is 5.38 Å². The van der Waals surface area contributed by atoms with E-state index in [0.29, 0.717) is 10.8 Å². The van der Waals surface area contributed by atoms with Gasteiger partial charge >= 0.3 is 0 Å². The number of alkyl halides is 1. The van der Waals surface area contributed by atoms with E-state index < -0.39 is 0 Å². The Hall–Kier alpha value is -0.700. The van der Waals surface area contributed by atoms with Crippen LogP contribution in [0, 0.1) is 6.92 Å². The van der Waals surface area contributed by atoms with E-state index in [2.05, 4.69) is 22.0 Å². The predicted octanol–water partition coefficient (Wildman–Crippen LogP) is 5.75. The Morgan fingerprint density at radius 2 is 1.84 bits per heavy atom. The van der Waals surface area contributed by atoms with Crippen LogP contribution >= 0.6 is 39.1 Å². The maximum absolute atomic E-state index is 6.52. The summed E-state index contributed by atoms with van der Waals surface area (Å²) in [6, 6.07) is 11.7. The molecule has 2 aromatic rings. The molecule has 0 spiro atoms. The molecule has 0 amide bonds. The summed E-state index contributed by atoms with van der Waals surface area (Å²) in [5.41, 5.74) is 3.15. The minimum absolute atomic E-state index is 0.236. The molecule has 0 aliphatic rings. The summed E-state index contributed by atoms with van der Waals surface area (Å²) in [6.07, 6.45) is 0. The van der Waals surface area contributed by atoms with Gasteiger partial charge in [-0.15, -0.1) is 11.6 Å². The fourth-order valence-electron chi connectivity index (χ4n) is 1.94. The van der Waals surface area contributed by atoms with Crippen LogP contribution in [0.4, 0.5) is 0 Å². The Morgan fingerprint density at radius 3 is 2.42 bits per heavy atom. The van der Waals surface area contributed by atoms with Crippen molar-refractivity contribution in [2.45, 2.75) is 12.3 Å². The highest BCUT2D eigenvalue weighted by Gasteiger charge is 2.13. The van der Waals surface area contributed by atoms with Gasteiger partial charge in [0.2, 0.25) is 0 Å². The molecule has 0 fully saturated rings. The van der Waals surface area contributed by atoms with Gasteiger partial charge in [0.15, 0.2) is 0 Å². The smallest absolute Gasteiger partial charge is 0.137 e. The molecule has 1 nitrogen and oxygen atoms in total. The third-order valence-corrected chi connectivity index (χ3v) is 4.08. The highest BCUT2D eigenvalue weighted by molar-refractivity contribution is 9.10. The lowest BCUT2D eigenvalue weighted by atomic mass is 10.0. The number of ether oxygens (including phenoxy) is 1. The zero-order valence-corrected chi connectivity index (χ0v) is 13.7. The molecule has 2 rings (SSSR count). The number of halogens is 3. The quantitative estimate of drug-likeness (QED) is 0.634. The largest absolute Gasteiger partial charge is 0.495 e. The molecule has 4 heteroatoms. The third kappa shape index (κ3) is 3.44. The highest BCUT2D eigenvalue weighted by Crippen LogP contribution is 2.35. The molecule has 1 unspecified atom stereocenters. The Labute approximate surface area is 131 Å². The number of benzene rings is 2. The number of hydrogen-bond acceptors (Lipinski definition) is 1. The lowest BCUT2D eigenvalue weighted by Gasteiger charge is -2.13. The van der Waals surface area contributed by atoms with Crippen LogP contribution in [0.5, 0.6) is 5.75 Å². The van der Waals surface area contributed by atoms with E-state index in [0.717, 1.165) is 21.2 Å². The fourth-order valence-corrected chi connectivity index (χ4v) is 3.10. The summed E-state index contributed by atoms with van der Waals surface area (Å²) >= 11 is 16.1. The maximum Gasteiger partial charge on any atom is 0.137 e. The third-order valence-electron chi connectivity index (χ3n) is 2.83. The van der Waals surface area contributed by atoms with Gasteiger partial charge < -0.3 is 4.74 Å². The second kappa shape index (κ2) is 6.17. The summed E-state index contributed by atoms with van der Waals surface area (Å²) in [6.45, 7) is 2.04. The Morgan fingerprint density at radius 1 is 1.11 bits per heavy atom. The molecule has 0 N–H and O–H groups in total. The molecule has 1 atom stereocenters. The van der Waals surface area contributed by atoms with Gasteiger partial charge in [-0.25, -0.2) is 0 Å². The maximum atomic E-state index is 6.52. The summed E-state index contributed by atoms with van der Waals surface area (Å²) in [5, 5.41) is 0.331. The number of rotatable bonds is 3. The minimum atomic E-state index is -0.236. The van der Waals surface area contributed by atoms with Gasteiger partial charge in [0.05, 0.1) is 17.5 Å². The van der Waals surface area contributed by atoms with Gasteiger partial charge in [-0.3, -0.25) is 0 Å². The lowest BCUT2D eigenvalue weighted by molar-refractivity contribution is 0.415. The molecule has 0 radical (unpaired) electrons. The van der Waals surface area contributed by atoms with Gasteiger partial charge in [0.1, 0.15) is 5.75 Å². The van der Waals surface area contributed by atoms with Gasteiger partial charge in [0, 0.05) is 4.47 Å². The summed E-state index contributed by atoms with van der Waals surface area (Å²) in [4.78, 5) is 0. The van der Waals surface area contributed by atoms with E-state index in [1.165, 1.54) is 0 Å². The van der Waals surface area contributed by atoms with Crippen LogP contribution in [0.15, 0.2) is 40.9 Å². The first-order chi connectivity index (χ1) is 9.01. The van der Waals surface area contributed by atoms with Crippen molar-refractivity contribution in [2.75, 3.05) is 7.11 Å². The molecule has 100 valence electrons. The molecule has 0 heterocycles. The molecule has 0 aromatic heterocycles. The van der Waals surface area contributed by atoms with Gasteiger partial charge in [0.25, 0.3) is 0 Å². The zero-order chi connectivity index (χ0) is 14.0. The lowest BCUT2D eigenvalue weighted by Crippen LogP contribution is -1.95. The van der Waals surface area contributed by atoms with Crippen molar-refractivity contribution < 1.29 is 4.74 Å². The van der Waals surface area contributed by atoms with Crippen molar-refractivity contribution in [1.29, 1.82) is 0 Å². The first-order valence-corrected chi connectivity index (χ1v) is 7.36. The molecular weight excluding hydrogens is 347 g/mol. The standard InChI is InChI=1S/C15H13BrCl2O/c1-9-5-11(7-12(16)6-9)15(18)10-3-4-14(19-2)13(17)8-10/h3-8,15H,1-2H3. The molecule has 0 saturated heterocycles. The number of hydrogen-bond donors (Lipinski definition) is 0. The van der Waals surface area contributed by atoms with Crippen molar-refractivity contribution >= 4 is 39.1 Å². The van der Waals surface area contributed by atoms with Crippen LogP contribution in [0.1, 0.15) is 22.1 Å². The second-order valence-corrected chi connectivity index (χ2v) is 6.08. The highest BCUT2D eigenvalue weighted by atomic mass is 79.9. The predicted molar refractivity (Wildman–Crippen MR) is 84.6 cm³/mol. The second-order valence-electron chi connectivity index (χ2n) is 4.32. The van der Waals surface area contributed by atoms with E-state index in [1.54, 1.807) is 7.11 Å². The van der Waals surface area contributed by atoms with Gasteiger partial charge in [-0.2, -0.15) is 0 Å². The van der Waals surface area contributed by atoms with Crippen molar-refractivity contribution in [2.24, 2.45) is 0 Å². The number of aryl methyl sites for hydroxylation is 1. The first-order valence-electron chi connectivity index (χ1n) is 5.76. The summed E-state index contributed by atoms with van der Waals surface area (Å²) < 4.78 is 6.16.